The summed E-state index contributed by atoms with van der Waals surface area (Å²) < 4.78 is 5.73. The van der Waals surface area contributed by atoms with Crippen molar-refractivity contribution in [3.63, 3.8) is 0 Å². The lowest BCUT2D eigenvalue weighted by Gasteiger charge is -2.12. The van der Waals surface area contributed by atoms with Crippen LogP contribution in [0, 0.1) is 20.8 Å². The first-order chi connectivity index (χ1) is 12.1. The number of thiazole rings is 1. The fourth-order valence-electron chi connectivity index (χ4n) is 2.22. The summed E-state index contributed by atoms with van der Waals surface area (Å²) in [6.07, 6.45) is 0.871. The number of nitrogens with one attached hydrogen (secondary N) is 2. The SMILES string of the molecule is CCNC(=NCCc1nc(C)c(C)s1)NCCOc1ccc(C)cc1. The van der Waals surface area contributed by atoms with Gasteiger partial charge in [-0.25, -0.2) is 4.98 Å². The predicted octanol–water partition coefficient (Wildman–Crippen LogP) is 3.24. The lowest BCUT2D eigenvalue weighted by molar-refractivity contribution is 0.322. The fourth-order valence-corrected chi connectivity index (χ4v) is 3.15. The molecule has 0 aliphatic heterocycles. The van der Waals surface area contributed by atoms with Gasteiger partial charge in [-0.15, -0.1) is 11.3 Å². The minimum absolute atomic E-state index is 0.596. The molecule has 0 saturated heterocycles. The van der Waals surface area contributed by atoms with Crippen LogP contribution in [-0.2, 0) is 6.42 Å². The highest BCUT2D eigenvalue weighted by Gasteiger charge is 2.03. The van der Waals surface area contributed by atoms with Gasteiger partial charge in [0.2, 0.25) is 0 Å². The summed E-state index contributed by atoms with van der Waals surface area (Å²) in [7, 11) is 0. The molecule has 0 atom stereocenters. The summed E-state index contributed by atoms with van der Waals surface area (Å²) in [4.78, 5) is 10.5. The smallest absolute Gasteiger partial charge is 0.191 e. The van der Waals surface area contributed by atoms with E-state index in [0.29, 0.717) is 13.2 Å². The van der Waals surface area contributed by atoms with E-state index in [1.54, 1.807) is 11.3 Å². The average molecular weight is 361 g/mol. The zero-order valence-electron chi connectivity index (χ0n) is 15.6. The quantitative estimate of drug-likeness (QED) is 0.431. The number of rotatable bonds is 8. The van der Waals surface area contributed by atoms with Gasteiger partial charge >= 0.3 is 0 Å². The van der Waals surface area contributed by atoms with Crippen molar-refractivity contribution in [2.45, 2.75) is 34.1 Å². The van der Waals surface area contributed by atoms with E-state index in [2.05, 4.69) is 60.4 Å². The number of aliphatic imine (C=N–C) groups is 1. The maximum absolute atomic E-state index is 5.73. The van der Waals surface area contributed by atoms with Gasteiger partial charge in [-0.05, 0) is 39.8 Å². The Labute approximate surface area is 154 Å². The lowest BCUT2D eigenvalue weighted by atomic mass is 10.2. The molecule has 2 aromatic rings. The molecule has 0 bridgehead atoms. The van der Waals surface area contributed by atoms with Crippen molar-refractivity contribution in [3.8, 4) is 5.75 Å². The number of benzene rings is 1. The molecule has 0 aliphatic rings. The average Bonchev–Trinajstić information content (AvgIpc) is 2.91. The predicted molar refractivity (Wildman–Crippen MR) is 106 cm³/mol. The van der Waals surface area contributed by atoms with Gasteiger partial charge in [0.15, 0.2) is 5.96 Å². The zero-order valence-corrected chi connectivity index (χ0v) is 16.4. The van der Waals surface area contributed by atoms with Gasteiger partial charge in [-0.1, -0.05) is 17.7 Å². The molecule has 2 rings (SSSR count). The summed E-state index contributed by atoms with van der Waals surface area (Å²) in [5.74, 6) is 1.71. The molecule has 0 amide bonds. The maximum Gasteiger partial charge on any atom is 0.191 e. The minimum Gasteiger partial charge on any atom is -0.492 e. The third kappa shape index (κ3) is 6.74. The fraction of sp³-hybridized carbons (Fsp3) is 0.474. The second kappa shape index (κ2) is 10.0. The van der Waals surface area contributed by atoms with Crippen molar-refractivity contribution >= 4 is 17.3 Å². The Morgan fingerprint density at radius 3 is 2.56 bits per heavy atom. The van der Waals surface area contributed by atoms with Crippen LogP contribution < -0.4 is 15.4 Å². The molecule has 0 aliphatic carbocycles. The van der Waals surface area contributed by atoms with Crippen molar-refractivity contribution in [2.24, 2.45) is 4.99 Å². The van der Waals surface area contributed by atoms with Crippen LogP contribution in [0.1, 0.15) is 28.1 Å². The maximum atomic E-state index is 5.73. The van der Waals surface area contributed by atoms with E-state index in [1.165, 1.54) is 10.4 Å². The highest BCUT2D eigenvalue weighted by Crippen LogP contribution is 2.16. The van der Waals surface area contributed by atoms with Gasteiger partial charge in [-0.2, -0.15) is 0 Å². The van der Waals surface area contributed by atoms with Crippen LogP contribution in [0.4, 0.5) is 0 Å². The first kappa shape index (κ1) is 19.2. The summed E-state index contributed by atoms with van der Waals surface area (Å²) in [5, 5.41) is 7.71. The summed E-state index contributed by atoms with van der Waals surface area (Å²) >= 11 is 1.76. The first-order valence-corrected chi connectivity index (χ1v) is 9.54. The Kier molecular flexibility index (Phi) is 7.73. The molecule has 2 N–H and O–H groups in total. The Morgan fingerprint density at radius 1 is 1.16 bits per heavy atom. The highest BCUT2D eigenvalue weighted by atomic mass is 32.1. The number of hydrogen-bond acceptors (Lipinski definition) is 4. The van der Waals surface area contributed by atoms with E-state index in [4.69, 9.17) is 4.74 Å². The molecule has 1 aromatic carbocycles. The van der Waals surface area contributed by atoms with Crippen molar-refractivity contribution in [2.75, 3.05) is 26.2 Å². The minimum atomic E-state index is 0.596. The van der Waals surface area contributed by atoms with Crippen LogP contribution in [0.5, 0.6) is 5.75 Å². The largest absolute Gasteiger partial charge is 0.492 e. The van der Waals surface area contributed by atoms with E-state index in [-0.39, 0.29) is 0 Å². The Balaban J connectivity index is 1.74. The van der Waals surface area contributed by atoms with E-state index >= 15 is 0 Å². The third-order valence-corrected chi connectivity index (χ3v) is 4.83. The molecule has 5 nitrogen and oxygen atoms in total. The molecule has 1 aromatic heterocycles. The number of aryl methyl sites for hydroxylation is 3. The van der Waals surface area contributed by atoms with Crippen molar-refractivity contribution in [1.82, 2.24) is 15.6 Å². The number of nitrogens with zero attached hydrogens (tertiary/aromatic N) is 2. The lowest BCUT2D eigenvalue weighted by Crippen LogP contribution is -2.39. The van der Waals surface area contributed by atoms with Crippen molar-refractivity contribution in [1.29, 1.82) is 0 Å². The Morgan fingerprint density at radius 2 is 1.92 bits per heavy atom. The van der Waals surface area contributed by atoms with Gasteiger partial charge in [0.05, 0.1) is 17.2 Å². The Bertz CT molecular complexity index is 660. The van der Waals surface area contributed by atoms with Gasteiger partial charge < -0.3 is 15.4 Å². The molecule has 6 heteroatoms. The number of ether oxygens (including phenoxy) is 1. The summed E-state index contributed by atoms with van der Waals surface area (Å²) in [6, 6.07) is 8.09. The standard InChI is InChI=1S/C19H28N4OS/c1-5-20-19(21-11-10-18-23-15(3)16(4)25-18)22-12-13-24-17-8-6-14(2)7-9-17/h6-9H,5,10-13H2,1-4H3,(H2,20,21,22). The normalized spacial score (nSPS) is 11.4. The van der Waals surface area contributed by atoms with Crippen LogP contribution in [0.3, 0.4) is 0 Å². The van der Waals surface area contributed by atoms with Crippen LogP contribution in [0.2, 0.25) is 0 Å². The molecule has 0 spiro atoms. The second-order valence-corrected chi connectivity index (χ2v) is 7.14. The van der Waals surface area contributed by atoms with E-state index in [9.17, 15) is 0 Å². The van der Waals surface area contributed by atoms with Gasteiger partial charge in [-0.3, -0.25) is 4.99 Å². The molecule has 0 radical (unpaired) electrons. The monoisotopic (exact) mass is 360 g/mol. The van der Waals surface area contributed by atoms with Crippen molar-refractivity contribution < 1.29 is 4.74 Å². The van der Waals surface area contributed by atoms with E-state index in [1.807, 2.05) is 12.1 Å². The zero-order chi connectivity index (χ0) is 18.1. The van der Waals surface area contributed by atoms with Gasteiger partial charge in [0.25, 0.3) is 0 Å². The topological polar surface area (TPSA) is 58.5 Å². The van der Waals surface area contributed by atoms with Crippen LogP contribution in [0.25, 0.3) is 0 Å². The molecule has 0 unspecified atom stereocenters. The molecule has 25 heavy (non-hydrogen) atoms. The van der Waals surface area contributed by atoms with Crippen LogP contribution in [0.15, 0.2) is 29.3 Å². The third-order valence-electron chi connectivity index (χ3n) is 3.70. The number of aromatic nitrogens is 1. The molecule has 0 fully saturated rings. The van der Waals surface area contributed by atoms with E-state index in [0.717, 1.165) is 41.9 Å². The van der Waals surface area contributed by atoms with E-state index < -0.39 is 0 Å². The summed E-state index contributed by atoms with van der Waals surface area (Å²) in [5.41, 5.74) is 2.36. The van der Waals surface area contributed by atoms with Gasteiger partial charge in [0, 0.05) is 24.4 Å². The second-order valence-electron chi connectivity index (χ2n) is 5.85. The molecular weight excluding hydrogens is 332 g/mol. The molecule has 136 valence electrons. The first-order valence-electron chi connectivity index (χ1n) is 8.73. The number of guanidine groups is 1. The van der Waals surface area contributed by atoms with Crippen molar-refractivity contribution in [3.05, 3.63) is 45.4 Å². The highest BCUT2D eigenvalue weighted by molar-refractivity contribution is 7.11. The Hall–Kier alpha value is -2.08. The molecular formula is C19H28N4OS. The van der Waals surface area contributed by atoms with Crippen LogP contribution >= 0.6 is 11.3 Å². The molecule has 1 heterocycles. The summed E-state index contributed by atoms with van der Waals surface area (Å²) in [6.45, 7) is 11.2. The number of hydrogen-bond donors (Lipinski definition) is 2. The molecule has 0 saturated carbocycles. The van der Waals surface area contributed by atoms with Gasteiger partial charge in [0.1, 0.15) is 12.4 Å². The van der Waals surface area contributed by atoms with Crippen LogP contribution in [-0.4, -0.2) is 37.2 Å².